The van der Waals surface area contributed by atoms with Crippen LogP contribution in [0.1, 0.15) is 10.4 Å². The van der Waals surface area contributed by atoms with E-state index in [1.807, 2.05) is 0 Å². The van der Waals surface area contributed by atoms with Crippen molar-refractivity contribution >= 4 is 45.0 Å². The number of halogens is 3. The topological polar surface area (TPSA) is 75.7 Å². The number of anilines is 1. The predicted octanol–water partition coefficient (Wildman–Crippen LogP) is 4.09. The molecule has 0 aromatic heterocycles. The van der Waals surface area contributed by atoms with Gasteiger partial charge in [0.1, 0.15) is 4.90 Å². The quantitative estimate of drug-likeness (QED) is 0.522. The largest absolute Gasteiger partial charge is 0.321 e. The third kappa shape index (κ3) is 5.17. The van der Waals surface area contributed by atoms with Crippen molar-refractivity contribution in [1.82, 2.24) is 4.47 Å². The van der Waals surface area contributed by atoms with E-state index in [9.17, 15) is 22.0 Å². The minimum atomic E-state index is -4.08. The molecular weight excluding hydrogens is 422 g/mol. The zero-order valence-electron chi connectivity index (χ0n) is 14.1. The van der Waals surface area contributed by atoms with Gasteiger partial charge in [-0.2, -0.15) is 8.78 Å². The summed E-state index contributed by atoms with van der Waals surface area (Å²) in [4.78, 5) is 17.0. The third-order valence-corrected chi connectivity index (χ3v) is 6.37. The van der Waals surface area contributed by atoms with Crippen molar-refractivity contribution in [3.05, 3.63) is 53.1 Å². The van der Waals surface area contributed by atoms with Gasteiger partial charge in [-0.25, -0.2) is 8.42 Å². The van der Waals surface area contributed by atoms with E-state index in [1.165, 1.54) is 38.4 Å². The van der Waals surface area contributed by atoms with Crippen LogP contribution >= 0.6 is 23.4 Å². The van der Waals surface area contributed by atoms with Crippen LogP contribution in [0.2, 0.25) is 5.02 Å². The Morgan fingerprint density at radius 3 is 2.56 bits per heavy atom. The fourth-order valence-electron chi connectivity index (χ4n) is 2.04. The highest BCUT2D eigenvalue weighted by Crippen LogP contribution is 2.32. The Bertz CT molecular complexity index is 942. The highest BCUT2D eigenvalue weighted by atomic mass is 35.5. The molecule has 0 aliphatic rings. The van der Waals surface area contributed by atoms with Gasteiger partial charge in [-0.15, -0.1) is 0 Å². The maximum Gasteiger partial charge on any atom is 0.288 e. The fraction of sp³-hybridized carbons (Fsp3) is 0.188. The molecule has 0 saturated carbocycles. The number of nitrogens with zero attached hydrogens (tertiary/aromatic N) is 1. The van der Waals surface area contributed by atoms with Crippen LogP contribution in [0, 0.1) is 0 Å². The first-order chi connectivity index (χ1) is 12.7. The zero-order valence-corrected chi connectivity index (χ0v) is 16.5. The van der Waals surface area contributed by atoms with Crippen LogP contribution in [0.25, 0.3) is 0 Å². The summed E-state index contributed by atoms with van der Waals surface area (Å²) in [6, 6.07) is 9.72. The van der Waals surface area contributed by atoms with E-state index in [2.05, 4.69) is 10.2 Å². The lowest BCUT2D eigenvalue weighted by Crippen LogP contribution is -2.26. The second kappa shape index (κ2) is 8.98. The number of thioether (sulfide) groups is 1. The van der Waals surface area contributed by atoms with Gasteiger partial charge >= 0.3 is 0 Å². The number of carbonyl (C=O) groups is 1. The second-order valence-corrected chi connectivity index (χ2v) is 8.41. The molecule has 0 heterocycles. The molecule has 0 unspecified atom stereocenters. The zero-order chi connectivity index (χ0) is 20.2. The molecule has 0 bridgehead atoms. The number of nitrogens with one attached hydrogen (secondary N) is 1. The summed E-state index contributed by atoms with van der Waals surface area (Å²) < 4.78 is 50.7. The molecule has 27 heavy (non-hydrogen) atoms. The highest BCUT2D eigenvalue weighted by molar-refractivity contribution is 7.99. The van der Waals surface area contributed by atoms with Gasteiger partial charge in [-0.05, 0) is 30.3 Å². The molecular formula is C16H15ClF2N2O4S2. The monoisotopic (exact) mass is 436 g/mol. The maximum atomic E-state index is 12.7. The number of amides is 1. The number of rotatable bonds is 7. The molecule has 11 heteroatoms. The van der Waals surface area contributed by atoms with Gasteiger partial charge in [0.2, 0.25) is 0 Å². The number of alkyl halides is 2. The Labute approximate surface area is 164 Å². The van der Waals surface area contributed by atoms with Crippen LogP contribution in [0.3, 0.4) is 0 Å². The number of hydrogen-bond donors (Lipinski definition) is 1. The van der Waals surface area contributed by atoms with Gasteiger partial charge in [-0.3, -0.25) is 9.63 Å². The minimum absolute atomic E-state index is 0.0145. The Balaban J connectivity index is 2.35. The Hall–Kier alpha value is -1.72. The summed E-state index contributed by atoms with van der Waals surface area (Å²) >= 11 is 6.24. The van der Waals surface area contributed by atoms with Crippen LogP contribution in [-0.4, -0.2) is 38.7 Å². The van der Waals surface area contributed by atoms with Gasteiger partial charge in [0.25, 0.3) is 21.7 Å². The number of para-hydroxylation sites is 1. The fourth-order valence-corrected chi connectivity index (χ4v) is 4.11. The molecule has 146 valence electrons. The maximum absolute atomic E-state index is 12.7. The normalized spacial score (nSPS) is 11.8. The number of hydroxylamine groups is 1. The molecule has 0 atom stereocenters. The van der Waals surface area contributed by atoms with Crippen molar-refractivity contribution in [2.24, 2.45) is 0 Å². The van der Waals surface area contributed by atoms with E-state index >= 15 is 0 Å². The van der Waals surface area contributed by atoms with Crippen LogP contribution in [-0.2, 0) is 14.9 Å². The van der Waals surface area contributed by atoms with Crippen molar-refractivity contribution in [2.75, 3.05) is 19.5 Å². The van der Waals surface area contributed by atoms with E-state index in [1.54, 1.807) is 12.1 Å². The average molecular weight is 437 g/mol. The van der Waals surface area contributed by atoms with E-state index in [0.717, 1.165) is 6.07 Å². The Morgan fingerprint density at radius 2 is 1.93 bits per heavy atom. The van der Waals surface area contributed by atoms with Crippen LogP contribution in [0.15, 0.2) is 52.3 Å². The van der Waals surface area contributed by atoms with Gasteiger partial charge in [-0.1, -0.05) is 40.0 Å². The lowest BCUT2D eigenvalue weighted by Gasteiger charge is -2.16. The third-order valence-electron chi connectivity index (χ3n) is 3.42. The first kappa shape index (κ1) is 21.6. The first-order valence-electron chi connectivity index (χ1n) is 7.34. The van der Waals surface area contributed by atoms with E-state index < -0.39 is 21.7 Å². The molecule has 1 amide bonds. The van der Waals surface area contributed by atoms with Crippen molar-refractivity contribution in [3.63, 3.8) is 0 Å². The summed E-state index contributed by atoms with van der Waals surface area (Å²) in [6.45, 7) is 0. The molecule has 0 radical (unpaired) electrons. The van der Waals surface area contributed by atoms with Gasteiger partial charge in [0.15, 0.2) is 0 Å². The molecule has 1 N–H and O–H groups in total. The van der Waals surface area contributed by atoms with Gasteiger partial charge in [0.05, 0.1) is 17.8 Å². The molecule has 0 spiro atoms. The van der Waals surface area contributed by atoms with Crippen molar-refractivity contribution in [2.45, 2.75) is 15.5 Å². The van der Waals surface area contributed by atoms with E-state index in [-0.39, 0.29) is 26.1 Å². The molecule has 0 saturated heterocycles. The smallest absolute Gasteiger partial charge is 0.288 e. The molecule has 2 rings (SSSR count). The second-order valence-electron chi connectivity index (χ2n) is 5.07. The highest BCUT2D eigenvalue weighted by Gasteiger charge is 2.25. The molecule has 2 aromatic carbocycles. The number of hydrogen-bond acceptors (Lipinski definition) is 5. The van der Waals surface area contributed by atoms with E-state index in [4.69, 9.17) is 11.6 Å². The number of carbonyl (C=O) groups excluding carboxylic acids is 1. The predicted molar refractivity (Wildman–Crippen MR) is 99.7 cm³/mol. The van der Waals surface area contributed by atoms with Crippen LogP contribution < -0.4 is 5.32 Å². The molecule has 0 fully saturated rings. The summed E-state index contributed by atoms with van der Waals surface area (Å²) in [7, 11) is -1.73. The molecule has 0 aliphatic carbocycles. The minimum Gasteiger partial charge on any atom is -0.321 e. The molecule has 6 nitrogen and oxygen atoms in total. The van der Waals surface area contributed by atoms with Gasteiger partial charge < -0.3 is 5.32 Å². The summed E-state index contributed by atoms with van der Waals surface area (Å²) in [5.74, 6) is -3.33. The van der Waals surface area contributed by atoms with Crippen molar-refractivity contribution in [1.29, 1.82) is 0 Å². The number of sulfonamides is 1. The molecule has 0 aliphatic heterocycles. The van der Waals surface area contributed by atoms with E-state index in [0.29, 0.717) is 16.2 Å². The van der Waals surface area contributed by atoms with Crippen molar-refractivity contribution in [3.8, 4) is 0 Å². The van der Waals surface area contributed by atoms with Crippen LogP contribution in [0.5, 0.6) is 0 Å². The first-order valence-corrected chi connectivity index (χ1v) is 10.0. The summed E-state index contributed by atoms with van der Waals surface area (Å²) in [5.41, 5.74) is 0.167. The summed E-state index contributed by atoms with van der Waals surface area (Å²) in [6.07, 6.45) is 0. The van der Waals surface area contributed by atoms with Crippen molar-refractivity contribution < 1.29 is 26.8 Å². The SMILES string of the molecule is CON(C)S(=O)(=O)c1cc(C(=O)Nc2ccccc2SC(F)F)ccc1Cl. The molecule has 2 aromatic rings. The standard InChI is InChI=1S/C16H15ClF2N2O4S2/c1-21(25-2)27(23,24)14-9-10(7-8-11(14)17)15(22)20-12-5-3-4-6-13(12)26-16(18)19/h3-9,16H,1-2H3,(H,20,22). The number of benzene rings is 2. The Kier molecular flexibility index (Phi) is 7.18. The van der Waals surface area contributed by atoms with Crippen LogP contribution in [0.4, 0.5) is 14.5 Å². The summed E-state index contributed by atoms with van der Waals surface area (Å²) in [5, 5.41) is 2.40. The van der Waals surface area contributed by atoms with Gasteiger partial charge in [0, 0.05) is 17.5 Å². The Morgan fingerprint density at radius 1 is 1.26 bits per heavy atom. The lowest BCUT2D eigenvalue weighted by atomic mass is 10.2. The average Bonchev–Trinajstić information content (AvgIpc) is 2.62. The lowest BCUT2D eigenvalue weighted by molar-refractivity contribution is -0.0258.